The van der Waals surface area contributed by atoms with Gasteiger partial charge >= 0.3 is 0 Å². The molecule has 1 aliphatic heterocycles. The zero-order chi connectivity index (χ0) is 12.3. The smallest absolute Gasteiger partial charge is 0.239 e. The Kier molecular flexibility index (Phi) is 4.12. The van der Waals surface area contributed by atoms with Crippen molar-refractivity contribution in [1.82, 2.24) is 10.2 Å². The maximum Gasteiger partial charge on any atom is 0.239 e. The van der Waals surface area contributed by atoms with Gasteiger partial charge in [-0.25, -0.2) is 0 Å². The maximum absolute atomic E-state index is 11.8. The standard InChI is InChI=1S/C12H20N2O3/c1-13-12(16)11-8-17-7-6-14(11)9-2-4-10(15)5-3-9/h9,11H,2-8H2,1H3,(H,13,16). The highest BCUT2D eigenvalue weighted by atomic mass is 16.5. The molecule has 17 heavy (non-hydrogen) atoms. The second-order valence-corrected chi connectivity index (χ2v) is 4.71. The van der Waals surface area contributed by atoms with Crippen LogP contribution in [0.5, 0.6) is 0 Å². The topological polar surface area (TPSA) is 58.6 Å². The van der Waals surface area contributed by atoms with E-state index in [2.05, 4.69) is 10.2 Å². The number of likely N-dealkylation sites (N-methyl/N-ethyl adjacent to an activating group) is 1. The van der Waals surface area contributed by atoms with Gasteiger partial charge in [0.25, 0.3) is 0 Å². The number of amides is 1. The molecule has 0 bridgehead atoms. The van der Waals surface area contributed by atoms with Crippen molar-refractivity contribution in [2.75, 3.05) is 26.8 Å². The van der Waals surface area contributed by atoms with E-state index in [1.807, 2.05) is 0 Å². The first-order valence-electron chi connectivity index (χ1n) is 6.29. The van der Waals surface area contributed by atoms with Crippen LogP contribution in [0.25, 0.3) is 0 Å². The number of ether oxygens (including phenoxy) is 1. The first-order chi connectivity index (χ1) is 8.22. The minimum atomic E-state index is -0.188. The zero-order valence-corrected chi connectivity index (χ0v) is 10.3. The van der Waals surface area contributed by atoms with Crippen LogP contribution in [-0.4, -0.2) is 55.5 Å². The van der Waals surface area contributed by atoms with Crippen LogP contribution in [0.4, 0.5) is 0 Å². The van der Waals surface area contributed by atoms with Crippen LogP contribution in [-0.2, 0) is 14.3 Å². The van der Waals surface area contributed by atoms with Crippen molar-refractivity contribution in [2.45, 2.75) is 37.8 Å². The van der Waals surface area contributed by atoms with Gasteiger partial charge in [-0.2, -0.15) is 0 Å². The van der Waals surface area contributed by atoms with E-state index in [4.69, 9.17) is 4.74 Å². The molecule has 1 aliphatic carbocycles. The van der Waals surface area contributed by atoms with E-state index in [9.17, 15) is 9.59 Å². The summed E-state index contributed by atoms with van der Waals surface area (Å²) in [7, 11) is 1.65. The quantitative estimate of drug-likeness (QED) is 0.735. The minimum Gasteiger partial charge on any atom is -0.378 e. The van der Waals surface area contributed by atoms with Gasteiger partial charge in [-0.05, 0) is 12.8 Å². The number of ketones is 1. The third kappa shape index (κ3) is 2.84. The highest BCUT2D eigenvalue weighted by Crippen LogP contribution is 2.23. The minimum absolute atomic E-state index is 0.0154. The third-order valence-electron chi connectivity index (χ3n) is 3.70. The summed E-state index contributed by atoms with van der Waals surface area (Å²) in [5, 5.41) is 2.68. The molecule has 5 nitrogen and oxygen atoms in total. The summed E-state index contributed by atoms with van der Waals surface area (Å²) in [5.74, 6) is 0.368. The molecule has 1 heterocycles. The highest BCUT2D eigenvalue weighted by Gasteiger charge is 2.35. The van der Waals surface area contributed by atoms with Gasteiger partial charge < -0.3 is 10.1 Å². The molecule has 2 aliphatic rings. The fourth-order valence-corrected chi connectivity index (χ4v) is 2.70. The Morgan fingerprint density at radius 2 is 2.12 bits per heavy atom. The molecule has 1 N–H and O–H groups in total. The molecular formula is C12H20N2O3. The SMILES string of the molecule is CNC(=O)C1COCCN1C1CCC(=O)CC1. The fraction of sp³-hybridized carbons (Fsp3) is 0.833. The molecule has 1 saturated carbocycles. The number of hydrogen-bond donors (Lipinski definition) is 1. The van der Waals surface area contributed by atoms with Crippen molar-refractivity contribution < 1.29 is 14.3 Å². The van der Waals surface area contributed by atoms with E-state index in [0.29, 0.717) is 37.9 Å². The molecule has 5 heteroatoms. The zero-order valence-electron chi connectivity index (χ0n) is 10.3. The molecule has 96 valence electrons. The summed E-state index contributed by atoms with van der Waals surface area (Å²) >= 11 is 0. The number of morpholine rings is 1. The highest BCUT2D eigenvalue weighted by molar-refractivity contribution is 5.82. The lowest BCUT2D eigenvalue weighted by Gasteiger charge is -2.41. The number of carbonyl (C=O) groups excluding carboxylic acids is 2. The monoisotopic (exact) mass is 240 g/mol. The number of nitrogens with zero attached hydrogens (tertiary/aromatic N) is 1. The van der Waals surface area contributed by atoms with E-state index >= 15 is 0 Å². The molecule has 0 aromatic carbocycles. The molecule has 2 rings (SSSR count). The van der Waals surface area contributed by atoms with Crippen LogP contribution >= 0.6 is 0 Å². The summed E-state index contributed by atoms with van der Waals surface area (Å²) in [6.07, 6.45) is 3.07. The van der Waals surface area contributed by atoms with Gasteiger partial charge in [0.05, 0.1) is 13.2 Å². The Bertz CT molecular complexity index is 296. The van der Waals surface area contributed by atoms with Crippen molar-refractivity contribution in [3.63, 3.8) is 0 Å². The molecule has 1 atom stereocenters. The van der Waals surface area contributed by atoms with Gasteiger partial charge in [0, 0.05) is 32.5 Å². The second-order valence-electron chi connectivity index (χ2n) is 4.71. The van der Waals surface area contributed by atoms with Crippen molar-refractivity contribution >= 4 is 11.7 Å². The van der Waals surface area contributed by atoms with Gasteiger partial charge in [-0.3, -0.25) is 14.5 Å². The normalized spacial score (nSPS) is 28.1. The summed E-state index contributed by atoms with van der Waals surface area (Å²) in [5.41, 5.74) is 0. The van der Waals surface area contributed by atoms with Crippen molar-refractivity contribution in [1.29, 1.82) is 0 Å². The van der Waals surface area contributed by atoms with E-state index in [0.717, 1.165) is 19.4 Å². The van der Waals surface area contributed by atoms with Crippen LogP contribution in [0.2, 0.25) is 0 Å². The van der Waals surface area contributed by atoms with Crippen LogP contribution < -0.4 is 5.32 Å². The number of Topliss-reactive ketones (excluding diaryl/α,β-unsaturated/α-hetero) is 1. The largest absolute Gasteiger partial charge is 0.378 e. The van der Waals surface area contributed by atoms with Gasteiger partial charge in [0.15, 0.2) is 0 Å². The lowest BCUT2D eigenvalue weighted by molar-refractivity contribution is -0.135. The van der Waals surface area contributed by atoms with Gasteiger partial charge in [-0.1, -0.05) is 0 Å². The van der Waals surface area contributed by atoms with E-state index in [1.165, 1.54) is 0 Å². The Morgan fingerprint density at radius 3 is 2.76 bits per heavy atom. The molecule has 0 aromatic rings. The summed E-state index contributed by atoms with van der Waals surface area (Å²) in [6, 6.07) is 0.172. The predicted molar refractivity (Wildman–Crippen MR) is 62.6 cm³/mol. The van der Waals surface area contributed by atoms with Gasteiger partial charge in [-0.15, -0.1) is 0 Å². The number of rotatable bonds is 2. The fourth-order valence-electron chi connectivity index (χ4n) is 2.70. The Balaban J connectivity index is 2.00. The molecule has 0 radical (unpaired) electrons. The van der Waals surface area contributed by atoms with Crippen LogP contribution in [0, 0.1) is 0 Å². The second kappa shape index (κ2) is 5.60. The van der Waals surface area contributed by atoms with Gasteiger partial charge in [0.2, 0.25) is 5.91 Å². The lowest BCUT2D eigenvalue weighted by atomic mass is 9.92. The lowest BCUT2D eigenvalue weighted by Crippen LogP contribution is -2.57. The van der Waals surface area contributed by atoms with E-state index in [-0.39, 0.29) is 11.9 Å². The number of nitrogens with one attached hydrogen (secondary N) is 1. The van der Waals surface area contributed by atoms with Crippen molar-refractivity contribution in [3.8, 4) is 0 Å². The van der Waals surface area contributed by atoms with Crippen molar-refractivity contribution in [3.05, 3.63) is 0 Å². The summed E-state index contributed by atoms with van der Waals surface area (Å²) < 4.78 is 5.38. The van der Waals surface area contributed by atoms with Crippen LogP contribution in [0.15, 0.2) is 0 Å². The summed E-state index contributed by atoms with van der Waals surface area (Å²) in [6.45, 7) is 1.93. The van der Waals surface area contributed by atoms with Gasteiger partial charge in [0.1, 0.15) is 11.8 Å². The Morgan fingerprint density at radius 1 is 1.41 bits per heavy atom. The third-order valence-corrected chi connectivity index (χ3v) is 3.70. The molecule has 1 saturated heterocycles. The molecule has 2 fully saturated rings. The number of hydrogen-bond acceptors (Lipinski definition) is 4. The average molecular weight is 240 g/mol. The van der Waals surface area contributed by atoms with Crippen LogP contribution in [0.1, 0.15) is 25.7 Å². The Hall–Kier alpha value is -0.940. The molecule has 0 spiro atoms. The van der Waals surface area contributed by atoms with E-state index in [1.54, 1.807) is 7.05 Å². The average Bonchev–Trinajstić information content (AvgIpc) is 2.39. The molecule has 1 amide bonds. The Labute approximate surface area is 101 Å². The van der Waals surface area contributed by atoms with E-state index < -0.39 is 0 Å². The van der Waals surface area contributed by atoms with Crippen molar-refractivity contribution in [2.24, 2.45) is 0 Å². The molecule has 0 aromatic heterocycles. The maximum atomic E-state index is 11.8. The first kappa shape index (κ1) is 12.5. The number of carbonyl (C=O) groups is 2. The molecular weight excluding hydrogens is 220 g/mol. The summed E-state index contributed by atoms with van der Waals surface area (Å²) in [4.78, 5) is 25.2. The molecule has 1 unspecified atom stereocenters. The predicted octanol–water partition coefficient (Wildman–Crippen LogP) is -0.0551. The van der Waals surface area contributed by atoms with Crippen LogP contribution in [0.3, 0.4) is 0 Å². The first-order valence-corrected chi connectivity index (χ1v) is 6.29.